The zero-order valence-corrected chi connectivity index (χ0v) is 21.1. The van der Waals surface area contributed by atoms with Gasteiger partial charge in [-0.3, -0.25) is 0 Å². The molecule has 2 saturated carbocycles. The summed E-state index contributed by atoms with van der Waals surface area (Å²) in [5.41, 5.74) is 4.44. The Labute approximate surface area is 208 Å². The van der Waals surface area contributed by atoms with Gasteiger partial charge in [0.05, 0.1) is 0 Å². The van der Waals surface area contributed by atoms with Crippen molar-refractivity contribution in [2.45, 2.75) is 90.3 Å². The van der Waals surface area contributed by atoms with E-state index >= 15 is 0 Å². The number of hydrogen-bond acceptors (Lipinski definition) is 1. The zero-order chi connectivity index (χ0) is 24.8. The van der Waals surface area contributed by atoms with Crippen LogP contribution in [-0.2, 0) is 0 Å². The largest absolute Gasteiger partial charge is 0.573 e. The van der Waals surface area contributed by atoms with Crippen LogP contribution >= 0.6 is 0 Å². The highest BCUT2D eigenvalue weighted by molar-refractivity contribution is 5.80. The molecule has 0 unspecified atom stereocenters. The van der Waals surface area contributed by atoms with Gasteiger partial charge in [-0.1, -0.05) is 75.1 Å². The van der Waals surface area contributed by atoms with E-state index < -0.39 is 6.36 Å². The number of benzene rings is 2. The van der Waals surface area contributed by atoms with Crippen LogP contribution in [0.4, 0.5) is 13.2 Å². The van der Waals surface area contributed by atoms with E-state index in [1.807, 2.05) is 6.92 Å². The average Bonchev–Trinajstić information content (AvgIpc) is 2.85. The van der Waals surface area contributed by atoms with E-state index in [2.05, 4.69) is 42.0 Å². The second-order valence-corrected chi connectivity index (χ2v) is 10.7. The molecule has 4 rings (SSSR count). The lowest BCUT2D eigenvalue weighted by molar-refractivity contribution is -0.274. The van der Waals surface area contributed by atoms with Crippen molar-refractivity contribution >= 4 is 11.6 Å². The van der Waals surface area contributed by atoms with Gasteiger partial charge in [0.25, 0.3) is 0 Å². The van der Waals surface area contributed by atoms with Crippen molar-refractivity contribution < 1.29 is 17.9 Å². The number of ether oxygens (including phenoxy) is 1. The molecular formula is C31H39F3O. The van der Waals surface area contributed by atoms with Gasteiger partial charge in [0.1, 0.15) is 5.75 Å². The van der Waals surface area contributed by atoms with Crippen LogP contribution < -0.4 is 4.74 Å². The summed E-state index contributed by atoms with van der Waals surface area (Å²) in [7, 11) is 0. The SMILES string of the molecule is CCCC1CCC(C2CCC(c3ccc(C=C(C)c4ccc(OC(F)(F)F)cc4)cc3)CC2)CC1. The summed E-state index contributed by atoms with van der Waals surface area (Å²) in [6.07, 6.45) is 11.4. The quantitative estimate of drug-likeness (QED) is 0.355. The Balaban J connectivity index is 1.29. The molecule has 2 aromatic carbocycles. The van der Waals surface area contributed by atoms with Crippen LogP contribution in [0.1, 0.15) is 101 Å². The topological polar surface area (TPSA) is 9.23 Å². The Kier molecular flexibility index (Phi) is 8.62. The highest BCUT2D eigenvalue weighted by Gasteiger charge is 2.32. The van der Waals surface area contributed by atoms with Gasteiger partial charge in [-0.15, -0.1) is 13.2 Å². The van der Waals surface area contributed by atoms with Crippen LogP contribution in [0.25, 0.3) is 11.6 Å². The summed E-state index contributed by atoms with van der Waals surface area (Å²) in [4.78, 5) is 0. The summed E-state index contributed by atoms with van der Waals surface area (Å²) in [5, 5.41) is 0. The molecule has 0 amide bonds. The predicted octanol–water partition coefficient (Wildman–Crippen LogP) is 10.0. The molecule has 0 heterocycles. The highest BCUT2D eigenvalue weighted by atomic mass is 19.4. The molecule has 0 aromatic heterocycles. The standard InChI is InChI=1S/C31H39F3O/c1-3-4-23-5-9-26(10-6-23)28-13-15-29(16-14-28)27-11-7-24(8-12-27)21-22(2)25-17-19-30(20-18-25)35-31(32,33)34/h7-8,11-12,17-21,23,26,28-29H,3-6,9-10,13-16H2,1-2H3. The third-order valence-electron chi connectivity index (χ3n) is 8.36. The minimum Gasteiger partial charge on any atom is -0.406 e. The lowest BCUT2D eigenvalue weighted by Gasteiger charge is -2.38. The zero-order valence-electron chi connectivity index (χ0n) is 21.1. The van der Waals surface area contributed by atoms with Gasteiger partial charge >= 0.3 is 6.36 Å². The second kappa shape index (κ2) is 11.7. The van der Waals surface area contributed by atoms with Gasteiger partial charge in [0.15, 0.2) is 0 Å². The van der Waals surface area contributed by atoms with Gasteiger partial charge < -0.3 is 4.74 Å². The summed E-state index contributed by atoms with van der Waals surface area (Å²) in [6, 6.07) is 14.9. The van der Waals surface area contributed by atoms with E-state index in [1.165, 1.54) is 81.9 Å². The van der Waals surface area contributed by atoms with E-state index in [-0.39, 0.29) is 5.75 Å². The van der Waals surface area contributed by atoms with E-state index in [0.29, 0.717) is 5.92 Å². The molecule has 2 fully saturated rings. The second-order valence-electron chi connectivity index (χ2n) is 10.7. The predicted molar refractivity (Wildman–Crippen MR) is 138 cm³/mol. The Hall–Kier alpha value is -2.23. The summed E-state index contributed by atoms with van der Waals surface area (Å²) in [6.45, 7) is 4.29. The van der Waals surface area contributed by atoms with E-state index in [1.54, 1.807) is 12.1 Å². The first kappa shape index (κ1) is 25.9. The molecule has 2 aromatic rings. The van der Waals surface area contributed by atoms with Crippen molar-refractivity contribution in [3.8, 4) is 5.75 Å². The van der Waals surface area contributed by atoms with E-state index in [9.17, 15) is 13.2 Å². The summed E-state index contributed by atoms with van der Waals surface area (Å²) >= 11 is 0. The number of alkyl halides is 3. The first-order valence-corrected chi connectivity index (χ1v) is 13.4. The van der Waals surface area contributed by atoms with Crippen molar-refractivity contribution in [1.82, 2.24) is 0 Å². The molecule has 190 valence electrons. The van der Waals surface area contributed by atoms with E-state index in [4.69, 9.17) is 0 Å². The maximum Gasteiger partial charge on any atom is 0.573 e. The molecule has 4 heteroatoms. The molecule has 2 aliphatic rings. The van der Waals surface area contributed by atoms with Gasteiger partial charge in [0.2, 0.25) is 0 Å². The molecular weight excluding hydrogens is 445 g/mol. The van der Waals surface area contributed by atoms with Crippen molar-refractivity contribution in [2.75, 3.05) is 0 Å². The molecule has 0 atom stereocenters. The molecule has 0 N–H and O–H groups in total. The molecule has 0 bridgehead atoms. The first-order valence-electron chi connectivity index (χ1n) is 13.4. The fourth-order valence-corrected chi connectivity index (χ4v) is 6.40. The lowest BCUT2D eigenvalue weighted by Crippen LogP contribution is -2.25. The smallest absolute Gasteiger partial charge is 0.406 e. The third kappa shape index (κ3) is 7.38. The van der Waals surface area contributed by atoms with Gasteiger partial charge in [-0.05, 0) is 104 Å². The van der Waals surface area contributed by atoms with Crippen molar-refractivity contribution in [2.24, 2.45) is 17.8 Å². The minimum atomic E-state index is -4.67. The molecule has 2 aliphatic carbocycles. The van der Waals surface area contributed by atoms with Gasteiger partial charge in [-0.2, -0.15) is 0 Å². The first-order chi connectivity index (χ1) is 16.8. The number of allylic oxidation sites excluding steroid dienone is 1. The van der Waals surface area contributed by atoms with Crippen LogP contribution in [-0.4, -0.2) is 6.36 Å². The number of rotatable bonds is 7. The number of halogens is 3. The summed E-state index contributed by atoms with van der Waals surface area (Å²) in [5.74, 6) is 3.37. The van der Waals surface area contributed by atoms with Crippen LogP contribution in [0.2, 0.25) is 0 Å². The Morgan fingerprint density at radius 3 is 1.94 bits per heavy atom. The van der Waals surface area contributed by atoms with Crippen LogP contribution in [0.5, 0.6) is 5.75 Å². The van der Waals surface area contributed by atoms with Crippen molar-refractivity contribution in [3.05, 3.63) is 65.2 Å². The van der Waals surface area contributed by atoms with Gasteiger partial charge in [-0.25, -0.2) is 0 Å². The molecule has 0 saturated heterocycles. The maximum absolute atomic E-state index is 12.4. The molecule has 0 radical (unpaired) electrons. The minimum absolute atomic E-state index is 0.197. The monoisotopic (exact) mass is 484 g/mol. The van der Waals surface area contributed by atoms with Crippen molar-refractivity contribution in [3.63, 3.8) is 0 Å². The maximum atomic E-state index is 12.4. The Morgan fingerprint density at radius 1 is 0.829 bits per heavy atom. The third-order valence-corrected chi connectivity index (χ3v) is 8.36. The fourth-order valence-electron chi connectivity index (χ4n) is 6.40. The molecule has 35 heavy (non-hydrogen) atoms. The molecule has 0 spiro atoms. The molecule has 1 nitrogen and oxygen atoms in total. The van der Waals surface area contributed by atoms with Crippen LogP contribution in [0.15, 0.2) is 48.5 Å². The molecule has 0 aliphatic heterocycles. The Morgan fingerprint density at radius 2 is 1.40 bits per heavy atom. The van der Waals surface area contributed by atoms with E-state index in [0.717, 1.165) is 34.5 Å². The normalized spacial score (nSPS) is 25.9. The average molecular weight is 485 g/mol. The Bertz CT molecular complexity index is 942. The van der Waals surface area contributed by atoms with Crippen LogP contribution in [0.3, 0.4) is 0 Å². The van der Waals surface area contributed by atoms with Crippen LogP contribution in [0, 0.1) is 17.8 Å². The van der Waals surface area contributed by atoms with Gasteiger partial charge in [0, 0.05) is 0 Å². The highest BCUT2D eigenvalue weighted by Crippen LogP contribution is 2.44. The van der Waals surface area contributed by atoms with Crippen molar-refractivity contribution in [1.29, 1.82) is 0 Å². The summed E-state index contributed by atoms with van der Waals surface area (Å²) < 4.78 is 41.0. The number of hydrogen-bond donors (Lipinski definition) is 0. The fraction of sp³-hybridized carbons (Fsp3) is 0.548. The lowest BCUT2D eigenvalue weighted by atomic mass is 9.68.